The Morgan fingerprint density at radius 3 is 2.90 bits per heavy atom. The largest absolute Gasteiger partial charge is 0.457 e. The molecule has 0 saturated heterocycles. The molecule has 104 valence electrons. The molecule has 2 N–H and O–H groups in total. The second-order valence-corrected chi connectivity index (χ2v) is 5.40. The number of hydrogen-bond acceptors (Lipinski definition) is 3. The van der Waals surface area contributed by atoms with E-state index in [0.29, 0.717) is 12.3 Å². The van der Waals surface area contributed by atoms with Crippen molar-refractivity contribution in [2.24, 2.45) is 5.41 Å². The molecule has 0 radical (unpaired) electrons. The molecule has 0 aliphatic heterocycles. The summed E-state index contributed by atoms with van der Waals surface area (Å²) in [6.07, 6.45) is 5.09. The predicted octanol–water partition coefficient (Wildman–Crippen LogP) is 2.33. The minimum atomic E-state index is -0.162. The number of carbonyl (C=O) groups excluding carboxylic acids is 1. The van der Waals surface area contributed by atoms with E-state index in [1.165, 1.54) is 6.08 Å². The molecule has 1 amide bonds. The lowest BCUT2D eigenvalue weighted by Gasteiger charge is -2.10. The fourth-order valence-corrected chi connectivity index (χ4v) is 2.14. The van der Waals surface area contributed by atoms with Crippen molar-refractivity contribution >= 4 is 23.0 Å². The zero-order chi connectivity index (χ0) is 14.0. The molecule has 0 atom stereocenters. The first kappa shape index (κ1) is 12.9. The Bertz CT molecular complexity index is 620. The van der Waals surface area contributed by atoms with Crippen LogP contribution in [0, 0.1) is 5.41 Å². The molecule has 1 saturated carbocycles. The molecule has 1 aromatic carbocycles. The third-order valence-electron chi connectivity index (χ3n) is 3.77. The Hall–Kier alpha value is -2.07. The summed E-state index contributed by atoms with van der Waals surface area (Å²) in [5.41, 5.74) is 0.743. The van der Waals surface area contributed by atoms with Gasteiger partial charge in [-0.1, -0.05) is 18.2 Å². The van der Waals surface area contributed by atoms with E-state index < -0.39 is 0 Å². The monoisotopic (exact) mass is 271 g/mol. The van der Waals surface area contributed by atoms with E-state index in [4.69, 9.17) is 4.42 Å². The first-order valence-electron chi connectivity index (χ1n) is 6.76. The van der Waals surface area contributed by atoms with E-state index in [-0.39, 0.29) is 17.9 Å². The molecule has 4 heteroatoms. The minimum Gasteiger partial charge on any atom is -0.457 e. The Labute approximate surface area is 117 Å². The van der Waals surface area contributed by atoms with Crippen LogP contribution in [0.2, 0.25) is 0 Å². The van der Waals surface area contributed by atoms with Crippen molar-refractivity contribution in [1.82, 2.24) is 5.32 Å². The van der Waals surface area contributed by atoms with Crippen molar-refractivity contribution in [3.05, 3.63) is 42.2 Å². The highest BCUT2D eigenvalue weighted by Gasteiger charge is 2.41. The van der Waals surface area contributed by atoms with Crippen molar-refractivity contribution in [3.8, 4) is 0 Å². The van der Waals surface area contributed by atoms with Gasteiger partial charge in [0.25, 0.3) is 0 Å². The van der Waals surface area contributed by atoms with E-state index in [9.17, 15) is 9.90 Å². The van der Waals surface area contributed by atoms with Gasteiger partial charge in [0.1, 0.15) is 11.3 Å². The highest BCUT2D eigenvalue weighted by Crippen LogP contribution is 2.44. The normalized spacial score (nSPS) is 16.6. The fraction of sp³-hybridized carbons (Fsp3) is 0.312. The van der Waals surface area contributed by atoms with Gasteiger partial charge in [0.05, 0.1) is 6.61 Å². The van der Waals surface area contributed by atoms with Crippen LogP contribution in [0.1, 0.15) is 18.6 Å². The smallest absolute Gasteiger partial charge is 0.244 e. The van der Waals surface area contributed by atoms with Crippen molar-refractivity contribution in [1.29, 1.82) is 0 Å². The maximum absolute atomic E-state index is 11.7. The number of carbonyl (C=O) groups is 1. The molecular weight excluding hydrogens is 254 g/mol. The average Bonchev–Trinajstić information content (AvgIpc) is 3.14. The van der Waals surface area contributed by atoms with Gasteiger partial charge in [-0.15, -0.1) is 0 Å². The third-order valence-corrected chi connectivity index (χ3v) is 3.77. The summed E-state index contributed by atoms with van der Waals surface area (Å²) < 4.78 is 5.59. The van der Waals surface area contributed by atoms with Crippen molar-refractivity contribution in [3.63, 3.8) is 0 Å². The van der Waals surface area contributed by atoms with Gasteiger partial charge in [-0.25, -0.2) is 0 Å². The lowest BCUT2D eigenvalue weighted by molar-refractivity contribution is -0.116. The Morgan fingerprint density at radius 1 is 1.40 bits per heavy atom. The van der Waals surface area contributed by atoms with Gasteiger partial charge in [-0.05, 0) is 31.1 Å². The maximum Gasteiger partial charge on any atom is 0.244 e. The summed E-state index contributed by atoms with van der Waals surface area (Å²) in [6.45, 7) is 0.674. The van der Waals surface area contributed by atoms with Crippen LogP contribution in [0.4, 0.5) is 0 Å². The number of hydrogen-bond donors (Lipinski definition) is 2. The summed E-state index contributed by atoms with van der Waals surface area (Å²) in [5.74, 6) is 0.495. The van der Waals surface area contributed by atoms with Crippen LogP contribution in [-0.4, -0.2) is 24.2 Å². The summed E-state index contributed by atoms with van der Waals surface area (Å²) in [7, 11) is 0. The Balaban J connectivity index is 1.60. The molecule has 1 aromatic heterocycles. The molecule has 1 aliphatic rings. The molecular formula is C16H17NO3. The van der Waals surface area contributed by atoms with E-state index in [1.54, 1.807) is 6.08 Å². The van der Waals surface area contributed by atoms with Crippen molar-refractivity contribution in [2.45, 2.75) is 12.8 Å². The summed E-state index contributed by atoms with van der Waals surface area (Å²) in [6, 6.07) is 9.62. The van der Waals surface area contributed by atoms with Crippen LogP contribution in [0.3, 0.4) is 0 Å². The van der Waals surface area contributed by atoms with Crippen LogP contribution in [0.5, 0.6) is 0 Å². The van der Waals surface area contributed by atoms with Gasteiger partial charge >= 0.3 is 0 Å². The molecule has 3 rings (SSSR count). The topological polar surface area (TPSA) is 62.5 Å². The molecule has 2 aromatic rings. The molecule has 4 nitrogen and oxygen atoms in total. The van der Waals surface area contributed by atoms with E-state index >= 15 is 0 Å². The highest BCUT2D eigenvalue weighted by molar-refractivity contribution is 5.92. The average molecular weight is 271 g/mol. The Morgan fingerprint density at radius 2 is 2.20 bits per heavy atom. The van der Waals surface area contributed by atoms with Gasteiger partial charge in [0.15, 0.2) is 0 Å². The molecule has 1 fully saturated rings. The third kappa shape index (κ3) is 2.75. The lowest BCUT2D eigenvalue weighted by Crippen LogP contribution is -2.30. The van der Waals surface area contributed by atoms with E-state index in [2.05, 4.69) is 5.32 Å². The lowest BCUT2D eigenvalue weighted by atomic mass is 10.1. The van der Waals surface area contributed by atoms with Crippen LogP contribution in [0.25, 0.3) is 17.0 Å². The van der Waals surface area contributed by atoms with Crippen LogP contribution in [0.15, 0.2) is 40.8 Å². The van der Waals surface area contributed by atoms with Crippen LogP contribution in [-0.2, 0) is 4.79 Å². The fourth-order valence-electron chi connectivity index (χ4n) is 2.14. The van der Waals surface area contributed by atoms with E-state index in [0.717, 1.165) is 23.8 Å². The maximum atomic E-state index is 11.7. The first-order valence-corrected chi connectivity index (χ1v) is 6.76. The first-order chi connectivity index (χ1) is 9.71. The number of benzene rings is 1. The highest BCUT2D eigenvalue weighted by atomic mass is 16.3. The molecule has 0 bridgehead atoms. The number of furan rings is 1. The zero-order valence-electron chi connectivity index (χ0n) is 11.1. The number of para-hydroxylation sites is 1. The standard InChI is InChI=1S/C16H17NO3/c18-11-16(7-8-16)10-17-15(19)6-5-13-9-12-3-1-2-4-14(12)20-13/h1-6,9,18H,7-8,10-11H2,(H,17,19)/b6-5+. The summed E-state index contributed by atoms with van der Waals surface area (Å²) in [5, 5.41) is 13.0. The molecule has 0 unspecified atom stereocenters. The zero-order valence-corrected chi connectivity index (χ0v) is 11.1. The molecule has 1 heterocycles. The van der Waals surface area contributed by atoms with Crippen molar-refractivity contribution in [2.75, 3.05) is 13.2 Å². The molecule has 20 heavy (non-hydrogen) atoms. The summed E-state index contributed by atoms with van der Waals surface area (Å²) in [4.78, 5) is 11.7. The number of aliphatic hydroxyl groups is 1. The predicted molar refractivity (Wildman–Crippen MR) is 77.0 cm³/mol. The number of nitrogens with one attached hydrogen (secondary N) is 1. The SMILES string of the molecule is O=C(/C=C/c1cc2ccccc2o1)NCC1(CO)CC1. The van der Waals surface area contributed by atoms with Gasteiger partial charge in [-0.2, -0.15) is 0 Å². The quantitative estimate of drug-likeness (QED) is 0.820. The van der Waals surface area contributed by atoms with Gasteiger partial charge < -0.3 is 14.8 Å². The van der Waals surface area contributed by atoms with Gasteiger partial charge in [0.2, 0.25) is 5.91 Å². The Kier molecular flexibility index (Phi) is 3.32. The van der Waals surface area contributed by atoms with Crippen molar-refractivity contribution < 1.29 is 14.3 Å². The van der Waals surface area contributed by atoms with Crippen LogP contribution >= 0.6 is 0 Å². The minimum absolute atomic E-state index is 0.0666. The summed E-state index contributed by atoms with van der Waals surface area (Å²) >= 11 is 0. The number of aliphatic hydroxyl groups excluding tert-OH is 1. The second-order valence-electron chi connectivity index (χ2n) is 5.40. The number of amides is 1. The van der Waals surface area contributed by atoms with E-state index in [1.807, 2.05) is 30.3 Å². The number of rotatable bonds is 5. The van der Waals surface area contributed by atoms with Crippen LogP contribution < -0.4 is 5.32 Å². The second kappa shape index (κ2) is 5.13. The molecule has 0 spiro atoms. The number of fused-ring (bicyclic) bond motifs is 1. The molecule has 1 aliphatic carbocycles. The van der Waals surface area contributed by atoms with Gasteiger partial charge in [-0.3, -0.25) is 4.79 Å². The van der Waals surface area contributed by atoms with Gasteiger partial charge in [0, 0.05) is 23.4 Å².